The second-order valence-electron chi connectivity index (χ2n) is 10.8. The van der Waals surface area contributed by atoms with Crippen LogP contribution in [0.1, 0.15) is 48.5 Å². The van der Waals surface area contributed by atoms with Crippen molar-refractivity contribution < 1.29 is 9.53 Å². The number of hydrogen-bond donors (Lipinski definition) is 4. The van der Waals surface area contributed by atoms with Crippen LogP contribution in [0.4, 0.5) is 0 Å². The molecule has 0 spiro atoms. The molecule has 0 radical (unpaired) electrons. The molecule has 3 aromatic heterocycles. The van der Waals surface area contributed by atoms with E-state index in [0.29, 0.717) is 24.4 Å². The smallest absolute Gasteiger partial charge is 0.323 e. The number of aromatic nitrogens is 7. The lowest BCUT2D eigenvalue weighted by Crippen LogP contribution is -2.35. The van der Waals surface area contributed by atoms with Crippen molar-refractivity contribution in [1.82, 2.24) is 35.6 Å². The molecule has 0 saturated heterocycles. The molecule has 2 atom stereocenters. The molecular weight excluding hydrogens is 576 g/mol. The summed E-state index contributed by atoms with van der Waals surface area (Å²) in [5.41, 5.74) is 12.5. The van der Waals surface area contributed by atoms with Gasteiger partial charge in [-0.3, -0.25) is 4.79 Å². The molecule has 0 saturated carbocycles. The molecule has 224 valence electrons. The normalized spacial score (nSPS) is 12.8. The van der Waals surface area contributed by atoms with Crippen molar-refractivity contribution in [3.8, 4) is 22.5 Å². The van der Waals surface area contributed by atoms with E-state index in [4.69, 9.17) is 22.1 Å². The van der Waals surface area contributed by atoms with Gasteiger partial charge in [0, 0.05) is 41.9 Å². The first-order valence-electron chi connectivity index (χ1n) is 14.7. The maximum atomic E-state index is 13.5. The zero-order valence-corrected chi connectivity index (χ0v) is 25.0. The number of ether oxygens (including phenoxy) is 1. The van der Waals surface area contributed by atoms with Crippen molar-refractivity contribution in [1.29, 1.82) is 0 Å². The molecule has 3 aromatic carbocycles. The summed E-state index contributed by atoms with van der Waals surface area (Å²) < 4.78 is 6.13. The molecule has 6 rings (SSSR count). The van der Waals surface area contributed by atoms with E-state index in [-0.39, 0.29) is 5.15 Å². The van der Waals surface area contributed by atoms with Crippen molar-refractivity contribution >= 4 is 28.5 Å². The molecule has 3 heterocycles. The lowest BCUT2D eigenvalue weighted by molar-refractivity contribution is -0.151. The number of para-hydroxylation sites is 1. The van der Waals surface area contributed by atoms with Crippen molar-refractivity contribution in [2.75, 3.05) is 0 Å². The molecule has 0 amide bonds. The molecule has 0 aliphatic carbocycles. The average Bonchev–Trinajstić information content (AvgIpc) is 3.81. The van der Waals surface area contributed by atoms with E-state index in [2.05, 4.69) is 42.5 Å². The summed E-state index contributed by atoms with van der Waals surface area (Å²) in [6, 6.07) is 23.0. The Kier molecular flexibility index (Phi) is 8.81. The SMILES string of the molecule is CCCCc1nc(Cl)c([C@@H](Cc2ccc(-c3ccccc3)c(-c3nn[nH]n3)c2)OC(=O)[C@H](N)Cc2c[nH]c3ccccc23)[nH]1. The van der Waals surface area contributed by atoms with Crippen molar-refractivity contribution in [3.63, 3.8) is 0 Å². The molecule has 0 fully saturated rings. The van der Waals surface area contributed by atoms with Crippen molar-refractivity contribution in [2.45, 2.75) is 51.2 Å². The number of hydrogen-bond acceptors (Lipinski definition) is 7. The van der Waals surface area contributed by atoms with Crippen LogP contribution in [0.25, 0.3) is 33.4 Å². The number of aryl methyl sites for hydroxylation is 1. The molecule has 0 aliphatic rings. The number of carbonyl (C=O) groups is 1. The largest absolute Gasteiger partial charge is 0.454 e. The first-order chi connectivity index (χ1) is 21.5. The number of aromatic amines is 3. The number of imidazole rings is 1. The minimum absolute atomic E-state index is 0.276. The summed E-state index contributed by atoms with van der Waals surface area (Å²) in [7, 11) is 0. The number of nitrogens with zero attached hydrogens (tertiary/aromatic N) is 4. The Morgan fingerprint density at radius 2 is 1.84 bits per heavy atom. The highest BCUT2D eigenvalue weighted by atomic mass is 35.5. The van der Waals surface area contributed by atoms with Crippen LogP contribution in [0.5, 0.6) is 0 Å². The maximum absolute atomic E-state index is 13.5. The lowest BCUT2D eigenvalue weighted by Gasteiger charge is -2.20. The monoisotopic (exact) mass is 608 g/mol. The Morgan fingerprint density at radius 1 is 1.02 bits per heavy atom. The quantitative estimate of drug-likeness (QED) is 0.122. The molecular formula is C33H33ClN8O2. The third-order valence-corrected chi connectivity index (χ3v) is 7.96. The third kappa shape index (κ3) is 6.41. The number of rotatable bonds is 12. The molecule has 44 heavy (non-hydrogen) atoms. The number of benzene rings is 3. The Labute approximate surface area is 259 Å². The van der Waals surface area contributed by atoms with Crippen LogP contribution in [0.15, 0.2) is 79.0 Å². The standard InChI is InChI=1S/C33H33ClN8O2/c1-2-3-13-29-37-30(31(34)38-29)28(44-33(43)26(35)18-22-19-36-27-12-8-7-11-24(22)27)17-20-14-15-23(21-9-5-4-6-10-21)25(16-20)32-39-41-42-40-32/h4-12,14-16,19,26,28,36H,2-3,13,17-18,35H2,1H3,(H,37,38)(H,39,40,41,42)/t26-,28-/m1/s1. The topological polar surface area (TPSA) is 151 Å². The van der Waals surface area contributed by atoms with Crippen LogP contribution in [0, 0.1) is 0 Å². The van der Waals surface area contributed by atoms with Gasteiger partial charge in [0.05, 0.1) is 5.69 Å². The minimum Gasteiger partial charge on any atom is -0.454 e. The molecule has 5 N–H and O–H groups in total. The molecule has 11 heteroatoms. The fourth-order valence-corrected chi connectivity index (χ4v) is 5.67. The Hall–Kier alpha value is -4.80. The fraction of sp³-hybridized carbons (Fsp3) is 0.242. The number of unbranched alkanes of at least 4 members (excludes halogenated alkanes) is 1. The van der Waals surface area contributed by atoms with Gasteiger partial charge < -0.3 is 20.4 Å². The molecule has 10 nitrogen and oxygen atoms in total. The molecule has 0 aliphatic heterocycles. The van der Waals surface area contributed by atoms with Crippen LogP contribution in [-0.2, 0) is 28.8 Å². The van der Waals surface area contributed by atoms with E-state index in [0.717, 1.165) is 63.8 Å². The first-order valence-corrected chi connectivity index (χ1v) is 15.1. The highest BCUT2D eigenvalue weighted by Gasteiger charge is 2.27. The third-order valence-electron chi connectivity index (χ3n) is 7.68. The van der Waals surface area contributed by atoms with E-state index >= 15 is 0 Å². The zero-order chi connectivity index (χ0) is 30.5. The van der Waals surface area contributed by atoms with Crippen LogP contribution in [0.3, 0.4) is 0 Å². The van der Waals surface area contributed by atoms with Gasteiger partial charge in [-0.15, -0.1) is 10.2 Å². The first kappa shape index (κ1) is 29.3. The van der Waals surface area contributed by atoms with Gasteiger partial charge in [-0.05, 0) is 46.0 Å². The summed E-state index contributed by atoms with van der Waals surface area (Å²) in [5, 5.41) is 16.1. The van der Waals surface area contributed by atoms with Gasteiger partial charge in [-0.2, -0.15) is 5.21 Å². The second kappa shape index (κ2) is 13.2. The number of nitrogens with one attached hydrogen (secondary N) is 3. The predicted octanol–water partition coefficient (Wildman–Crippen LogP) is 6.13. The highest BCUT2D eigenvalue weighted by molar-refractivity contribution is 6.30. The number of nitrogens with two attached hydrogens (primary N) is 1. The Bertz CT molecular complexity index is 1850. The van der Waals surface area contributed by atoms with E-state index in [1.807, 2.05) is 79.0 Å². The summed E-state index contributed by atoms with van der Waals surface area (Å²) >= 11 is 6.64. The number of tetrazole rings is 1. The highest BCUT2D eigenvalue weighted by Crippen LogP contribution is 2.34. The van der Waals surface area contributed by atoms with Gasteiger partial charge in [-0.25, -0.2) is 4.98 Å². The van der Waals surface area contributed by atoms with Gasteiger partial charge in [0.1, 0.15) is 18.0 Å². The van der Waals surface area contributed by atoms with Gasteiger partial charge in [-0.1, -0.05) is 85.6 Å². The summed E-state index contributed by atoms with van der Waals surface area (Å²) in [4.78, 5) is 24.6. The molecule has 0 bridgehead atoms. The fourth-order valence-electron chi connectivity index (χ4n) is 5.40. The zero-order valence-electron chi connectivity index (χ0n) is 24.3. The van der Waals surface area contributed by atoms with E-state index in [9.17, 15) is 4.79 Å². The van der Waals surface area contributed by atoms with Crippen LogP contribution < -0.4 is 5.73 Å². The van der Waals surface area contributed by atoms with Crippen LogP contribution in [-0.4, -0.2) is 47.6 Å². The maximum Gasteiger partial charge on any atom is 0.323 e. The van der Waals surface area contributed by atoms with Gasteiger partial charge >= 0.3 is 5.97 Å². The van der Waals surface area contributed by atoms with Crippen molar-refractivity contribution in [3.05, 3.63) is 107 Å². The van der Waals surface area contributed by atoms with E-state index in [1.54, 1.807) is 0 Å². The molecule has 0 unspecified atom stereocenters. The Morgan fingerprint density at radius 3 is 2.64 bits per heavy atom. The van der Waals surface area contributed by atoms with Gasteiger partial charge in [0.25, 0.3) is 0 Å². The van der Waals surface area contributed by atoms with Gasteiger partial charge in [0.15, 0.2) is 5.15 Å². The number of fused-ring (bicyclic) bond motifs is 1. The van der Waals surface area contributed by atoms with Crippen LogP contribution in [0.2, 0.25) is 5.15 Å². The average molecular weight is 609 g/mol. The number of esters is 1. The molecule has 6 aromatic rings. The van der Waals surface area contributed by atoms with Crippen LogP contribution >= 0.6 is 11.6 Å². The minimum atomic E-state index is -0.881. The number of halogens is 1. The Balaban J connectivity index is 1.30. The van der Waals surface area contributed by atoms with Gasteiger partial charge in [0.2, 0.25) is 5.82 Å². The van der Waals surface area contributed by atoms with E-state index in [1.165, 1.54) is 0 Å². The predicted molar refractivity (Wildman–Crippen MR) is 170 cm³/mol. The number of carbonyl (C=O) groups excluding carboxylic acids is 1. The number of H-pyrrole nitrogens is 3. The summed E-state index contributed by atoms with van der Waals surface area (Å²) in [5.74, 6) is 0.685. The summed E-state index contributed by atoms with van der Waals surface area (Å²) in [6.45, 7) is 2.12. The van der Waals surface area contributed by atoms with E-state index < -0.39 is 18.1 Å². The lowest BCUT2D eigenvalue weighted by atomic mass is 9.95. The second-order valence-corrected chi connectivity index (χ2v) is 11.1. The van der Waals surface area contributed by atoms with Crippen molar-refractivity contribution in [2.24, 2.45) is 5.73 Å². The summed E-state index contributed by atoms with van der Waals surface area (Å²) in [6.07, 6.45) is 4.48.